The van der Waals surface area contributed by atoms with Crippen molar-refractivity contribution in [1.29, 1.82) is 0 Å². The number of benzene rings is 2. The average molecular weight is 340 g/mol. The van der Waals surface area contributed by atoms with Crippen molar-refractivity contribution < 1.29 is 9.59 Å². The molecule has 0 fully saturated rings. The summed E-state index contributed by atoms with van der Waals surface area (Å²) in [5, 5.41) is 0.697. The summed E-state index contributed by atoms with van der Waals surface area (Å²) >= 11 is 6.05. The highest BCUT2D eigenvalue weighted by molar-refractivity contribution is 6.52. The Kier molecular flexibility index (Phi) is 3.02. The summed E-state index contributed by atoms with van der Waals surface area (Å²) in [6.45, 7) is 6.23. The summed E-state index contributed by atoms with van der Waals surface area (Å²) in [7, 11) is 0. The average Bonchev–Trinajstić information content (AvgIpc) is 2.79. The maximum Gasteiger partial charge on any atom is 0.299 e. The summed E-state index contributed by atoms with van der Waals surface area (Å²) in [5.74, 6) is -0.819. The first-order valence-corrected chi connectivity index (χ1v) is 8.42. The number of carbonyl (C=O) groups is 2. The Hall–Kier alpha value is -2.13. The molecule has 0 bridgehead atoms. The Morgan fingerprint density at radius 1 is 1.00 bits per heavy atom. The van der Waals surface area contributed by atoms with Gasteiger partial charge in [0, 0.05) is 16.0 Å². The number of para-hydroxylation sites is 1. The fourth-order valence-electron chi connectivity index (χ4n) is 4.42. The van der Waals surface area contributed by atoms with Crippen LogP contribution in [-0.4, -0.2) is 17.2 Å². The third-order valence-corrected chi connectivity index (χ3v) is 5.62. The van der Waals surface area contributed by atoms with E-state index in [0.29, 0.717) is 10.6 Å². The lowest BCUT2D eigenvalue weighted by Gasteiger charge is -2.49. The quantitative estimate of drug-likeness (QED) is 0.724. The molecule has 2 aliphatic rings. The zero-order valence-electron chi connectivity index (χ0n) is 13.9. The van der Waals surface area contributed by atoms with E-state index in [4.69, 9.17) is 11.6 Å². The molecule has 0 saturated carbocycles. The van der Waals surface area contributed by atoms with Gasteiger partial charge < -0.3 is 0 Å². The van der Waals surface area contributed by atoms with E-state index in [0.717, 1.165) is 23.2 Å². The second-order valence-corrected chi connectivity index (χ2v) is 7.94. The van der Waals surface area contributed by atoms with Gasteiger partial charge in [0.05, 0.1) is 11.3 Å². The number of Topliss-reactive ketones (excluding diaryl/α,β-unsaturated/α-hetero) is 1. The first-order valence-electron chi connectivity index (χ1n) is 8.04. The second-order valence-electron chi connectivity index (χ2n) is 7.50. The van der Waals surface area contributed by atoms with Crippen LogP contribution in [0.3, 0.4) is 0 Å². The standard InChI is InChI=1S/C20H18ClNO2/c1-19(2)11-20(3,12-7-9-13(21)10-8-12)15-6-4-5-14-16(15)22(19)18(24)17(14)23/h4-10H,11H2,1-3H3/t20-/m1/s1. The number of halogens is 1. The summed E-state index contributed by atoms with van der Waals surface area (Å²) in [4.78, 5) is 26.7. The molecule has 3 nitrogen and oxygen atoms in total. The smallest absolute Gasteiger partial charge is 0.299 e. The van der Waals surface area contributed by atoms with Crippen molar-refractivity contribution in [2.45, 2.75) is 38.1 Å². The van der Waals surface area contributed by atoms with Crippen LogP contribution >= 0.6 is 11.6 Å². The number of ketones is 1. The van der Waals surface area contributed by atoms with Crippen molar-refractivity contribution in [3.63, 3.8) is 0 Å². The minimum absolute atomic E-state index is 0.291. The fraction of sp³-hybridized carbons (Fsp3) is 0.300. The SMILES string of the molecule is CC1(C)C[C@](C)(c2ccc(Cl)cc2)c2cccc3c2N1C(=O)C3=O. The molecule has 2 aromatic rings. The molecule has 0 radical (unpaired) electrons. The fourth-order valence-corrected chi connectivity index (χ4v) is 4.55. The Labute approximate surface area is 146 Å². The van der Waals surface area contributed by atoms with E-state index in [1.165, 1.54) is 0 Å². The number of hydrogen-bond donors (Lipinski definition) is 0. The molecule has 2 aromatic carbocycles. The lowest BCUT2D eigenvalue weighted by molar-refractivity contribution is -0.115. The Balaban J connectivity index is 2.02. The van der Waals surface area contributed by atoms with E-state index in [1.807, 2.05) is 50.2 Å². The number of hydrogen-bond acceptors (Lipinski definition) is 2. The monoisotopic (exact) mass is 339 g/mol. The van der Waals surface area contributed by atoms with Gasteiger partial charge in [0.15, 0.2) is 0 Å². The molecule has 0 aliphatic carbocycles. The Morgan fingerprint density at radius 2 is 1.67 bits per heavy atom. The molecule has 0 spiro atoms. The Morgan fingerprint density at radius 3 is 2.33 bits per heavy atom. The normalized spacial score (nSPS) is 24.2. The lowest BCUT2D eigenvalue weighted by Crippen LogP contribution is -2.54. The third kappa shape index (κ3) is 1.85. The maximum atomic E-state index is 12.5. The number of rotatable bonds is 1. The molecule has 2 aliphatic heterocycles. The first kappa shape index (κ1) is 15.4. The van der Waals surface area contributed by atoms with Crippen LogP contribution in [0.5, 0.6) is 0 Å². The van der Waals surface area contributed by atoms with Crippen molar-refractivity contribution >= 4 is 29.0 Å². The number of anilines is 1. The molecular formula is C20H18ClNO2. The Bertz CT molecular complexity index is 885. The highest BCUT2D eigenvalue weighted by atomic mass is 35.5. The van der Waals surface area contributed by atoms with Gasteiger partial charge in [0.25, 0.3) is 11.7 Å². The van der Waals surface area contributed by atoms with Crippen LogP contribution in [0.4, 0.5) is 5.69 Å². The van der Waals surface area contributed by atoms with Crippen LogP contribution in [0.25, 0.3) is 0 Å². The zero-order valence-corrected chi connectivity index (χ0v) is 14.6. The van der Waals surface area contributed by atoms with E-state index >= 15 is 0 Å². The molecule has 24 heavy (non-hydrogen) atoms. The molecule has 122 valence electrons. The van der Waals surface area contributed by atoms with Crippen molar-refractivity contribution in [2.24, 2.45) is 0 Å². The molecule has 1 atom stereocenters. The summed E-state index contributed by atoms with van der Waals surface area (Å²) < 4.78 is 0. The number of amides is 1. The maximum absolute atomic E-state index is 12.5. The van der Waals surface area contributed by atoms with E-state index in [-0.39, 0.29) is 5.41 Å². The lowest BCUT2D eigenvalue weighted by atomic mass is 9.65. The topological polar surface area (TPSA) is 37.4 Å². The van der Waals surface area contributed by atoms with E-state index in [1.54, 1.807) is 11.0 Å². The van der Waals surface area contributed by atoms with Gasteiger partial charge in [0.2, 0.25) is 0 Å². The highest BCUT2D eigenvalue weighted by Crippen LogP contribution is 2.53. The van der Waals surface area contributed by atoms with Crippen LogP contribution < -0.4 is 4.90 Å². The molecule has 0 aromatic heterocycles. The van der Waals surface area contributed by atoms with Crippen molar-refractivity contribution in [3.05, 3.63) is 64.2 Å². The van der Waals surface area contributed by atoms with Gasteiger partial charge >= 0.3 is 0 Å². The molecular weight excluding hydrogens is 322 g/mol. The minimum atomic E-state index is -0.444. The van der Waals surface area contributed by atoms with Gasteiger partial charge in [-0.1, -0.05) is 42.8 Å². The van der Waals surface area contributed by atoms with E-state index < -0.39 is 17.2 Å². The molecule has 0 N–H and O–H groups in total. The molecule has 0 unspecified atom stereocenters. The van der Waals surface area contributed by atoms with E-state index in [9.17, 15) is 9.59 Å². The van der Waals surface area contributed by atoms with Gasteiger partial charge in [-0.3, -0.25) is 14.5 Å². The second kappa shape index (κ2) is 4.70. The molecule has 4 rings (SSSR count). The summed E-state index contributed by atoms with van der Waals surface area (Å²) in [5.41, 5.74) is 2.73. The van der Waals surface area contributed by atoms with Gasteiger partial charge in [-0.25, -0.2) is 0 Å². The molecule has 1 amide bonds. The number of nitrogens with zero attached hydrogens (tertiary/aromatic N) is 1. The van der Waals surface area contributed by atoms with Crippen LogP contribution in [0.15, 0.2) is 42.5 Å². The molecule has 4 heteroatoms. The predicted molar refractivity (Wildman–Crippen MR) is 94.9 cm³/mol. The van der Waals surface area contributed by atoms with Crippen LogP contribution in [0, 0.1) is 0 Å². The van der Waals surface area contributed by atoms with Gasteiger partial charge in [-0.15, -0.1) is 0 Å². The van der Waals surface area contributed by atoms with Gasteiger partial charge in [0.1, 0.15) is 0 Å². The minimum Gasteiger partial charge on any atom is -0.299 e. The third-order valence-electron chi connectivity index (χ3n) is 5.37. The molecule has 2 heterocycles. The van der Waals surface area contributed by atoms with Crippen molar-refractivity contribution in [3.8, 4) is 0 Å². The van der Waals surface area contributed by atoms with Crippen LogP contribution in [0.1, 0.15) is 48.7 Å². The summed E-state index contributed by atoms with van der Waals surface area (Å²) in [6.07, 6.45) is 0.733. The van der Waals surface area contributed by atoms with Crippen molar-refractivity contribution in [2.75, 3.05) is 4.90 Å². The summed E-state index contributed by atoms with van der Waals surface area (Å²) in [6, 6.07) is 13.5. The zero-order chi connectivity index (χ0) is 17.3. The van der Waals surface area contributed by atoms with Gasteiger partial charge in [-0.05, 0) is 49.6 Å². The first-order chi connectivity index (χ1) is 11.3. The number of carbonyl (C=O) groups excluding carboxylic acids is 2. The van der Waals surface area contributed by atoms with Crippen LogP contribution in [-0.2, 0) is 10.2 Å². The van der Waals surface area contributed by atoms with Crippen LogP contribution in [0.2, 0.25) is 5.02 Å². The largest absolute Gasteiger partial charge is 0.299 e. The van der Waals surface area contributed by atoms with E-state index in [2.05, 4.69) is 6.92 Å². The van der Waals surface area contributed by atoms with Gasteiger partial charge in [-0.2, -0.15) is 0 Å². The van der Waals surface area contributed by atoms with Crippen molar-refractivity contribution in [1.82, 2.24) is 0 Å². The molecule has 0 saturated heterocycles. The predicted octanol–water partition coefficient (Wildman–Crippen LogP) is 4.36. The highest BCUT2D eigenvalue weighted by Gasteiger charge is 2.53.